The lowest BCUT2D eigenvalue weighted by Gasteiger charge is -2.25. The minimum Gasteiger partial charge on any atom is -0.494 e. The van der Waals surface area contributed by atoms with Gasteiger partial charge in [-0.1, -0.05) is 36.4 Å². The fourth-order valence-electron chi connectivity index (χ4n) is 6.17. The van der Waals surface area contributed by atoms with E-state index in [9.17, 15) is 31.5 Å². The van der Waals surface area contributed by atoms with Crippen LogP contribution in [0.3, 0.4) is 0 Å². The lowest BCUT2D eigenvalue weighted by atomic mass is 9.84. The zero-order valence-corrected chi connectivity index (χ0v) is 26.5. The first-order valence-electron chi connectivity index (χ1n) is 14.6. The van der Waals surface area contributed by atoms with Gasteiger partial charge in [0.25, 0.3) is 0 Å². The summed E-state index contributed by atoms with van der Waals surface area (Å²) in [5.74, 6) is -1.32. The molecule has 0 radical (unpaired) electrons. The predicted molar refractivity (Wildman–Crippen MR) is 162 cm³/mol. The van der Waals surface area contributed by atoms with Gasteiger partial charge in [-0.2, -0.15) is 17.5 Å². The van der Waals surface area contributed by atoms with Crippen molar-refractivity contribution in [2.75, 3.05) is 13.7 Å². The van der Waals surface area contributed by atoms with Gasteiger partial charge in [0.05, 0.1) is 24.0 Å². The number of carboxylic acids is 1. The number of aliphatic carboxylic acids is 1. The summed E-state index contributed by atoms with van der Waals surface area (Å²) in [5.41, 5.74) is 4.09. The van der Waals surface area contributed by atoms with Crippen molar-refractivity contribution in [2.45, 2.75) is 70.6 Å². The Morgan fingerprint density at radius 2 is 1.89 bits per heavy atom. The highest BCUT2D eigenvalue weighted by Gasteiger charge is 2.37. The second-order valence-corrected chi connectivity index (χ2v) is 13.6. The van der Waals surface area contributed by atoms with E-state index in [0.717, 1.165) is 23.3 Å². The standard InChI is InChI=1S/C32H35F3N4O5S/c1-6-39-31-27(44-5)14-25(20(4)30(31)36-37-39)26(15-29(40)41)21-8-7-19(3)23(12-21)17-38-16-18(2)11-22-9-10-24(32(33,34)35)13-28(22)45(38,42)43/h7-10,12-14,18,26H,6,11,15-17H2,1-5H3,(H,40,41)/t18-,26?/m0/s1. The van der Waals surface area contributed by atoms with E-state index in [1.165, 1.54) is 17.5 Å². The molecular formula is C32H35F3N4O5S. The van der Waals surface area contributed by atoms with Crippen molar-refractivity contribution in [1.82, 2.24) is 19.3 Å². The van der Waals surface area contributed by atoms with E-state index < -0.39 is 33.7 Å². The number of benzene rings is 3. The third-order valence-corrected chi connectivity index (χ3v) is 10.4. The smallest absolute Gasteiger partial charge is 0.416 e. The average Bonchev–Trinajstić information content (AvgIpc) is 3.38. The van der Waals surface area contributed by atoms with Crippen LogP contribution in [-0.2, 0) is 40.5 Å². The van der Waals surface area contributed by atoms with Gasteiger partial charge in [0.1, 0.15) is 16.8 Å². The Morgan fingerprint density at radius 3 is 2.53 bits per heavy atom. The van der Waals surface area contributed by atoms with Crippen molar-refractivity contribution in [3.05, 3.63) is 81.4 Å². The molecule has 0 bridgehead atoms. The molecule has 1 N–H and O–H groups in total. The highest BCUT2D eigenvalue weighted by atomic mass is 32.2. The van der Waals surface area contributed by atoms with E-state index in [2.05, 4.69) is 10.3 Å². The molecule has 1 aromatic heterocycles. The molecule has 45 heavy (non-hydrogen) atoms. The molecule has 5 rings (SSSR count). The van der Waals surface area contributed by atoms with Gasteiger partial charge < -0.3 is 9.84 Å². The van der Waals surface area contributed by atoms with Crippen LogP contribution >= 0.6 is 0 Å². The van der Waals surface area contributed by atoms with Crippen molar-refractivity contribution in [3.8, 4) is 5.75 Å². The summed E-state index contributed by atoms with van der Waals surface area (Å²) in [6, 6.07) is 10.1. The van der Waals surface area contributed by atoms with Crippen LogP contribution in [-0.4, -0.2) is 52.4 Å². The highest BCUT2D eigenvalue weighted by molar-refractivity contribution is 7.89. The Morgan fingerprint density at radius 1 is 1.16 bits per heavy atom. The van der Waals surface area contributed by atoms with E-state index in [0.29, 0.717) is 52.0 Å². The van der Waals surface area contributed by atoms with Crippen LogP contribution in [0.4, 0.5) is 13.2 Å². The van der Waals surface area contributed by atoms with Crippen molar-refractivity contribution in [3.63, 3.8) is 0 Å². The van der Waals surface area contributed by atoms with Gasteiger partial charge >= 0.3 is 12.1 Å². The third kappa shape index (κ3) is 6.15. The SMILES string of the molecule is CCn1nnc2c(C)c(C(CC(=O)O)c3ccc(C)c(CN4C[C@@H](C)Cc5ccc(C(F)(F)F)cc5S4(=O)=O)c3)cc(OC)c21. The maximum atomic E-state index is 13.9. The Labute approximate surface area is 259 Å². The van der Waals surface area contributed by atoms with E-state index in [-0.39, 0.29) is 30.3 Å². The van der Waals surface area contributed by atoms with Crippen molar-refractivity contribution in [1.29, 1.82) is 0 Å². The van der Waals surface area contributed by atoms with Crippen LogP contribution in [0.1, 0.15) is 65.1 Å². The molecule has 2 atom stereocenters. The van der Waals surface area contributed by atoms with E-state index in [1.807, 2.05) is 39.8 Å². The monoisotopic (exact) mass is 644 g/mol. The molecule has 2 heterocycles. The topological polar surface area (TPSA) is 115 Å². The van der Waals surface area contributed by atoms with Crippen LogP contribution < -0.4 is 4.74 Å². The summed E-state index contributed by atoms with van der Waals surface area (Å²) < 4.78 is 77.0. The van der Waals surface area contributed by atoms with Gasteiger partial charge in [-0.3, -0.25) is 4.79 Å². The van der Waals surface area contributed by atoms with Gasteiger partial charge in [0.2, 0.25) is 10.0 Å². The molecule has 0 spiro atoms. The molecule has 9 nitrogen and oxygen atoms in total. The number of hydrogen-bond donors (Lipinski definition) is 1. The number of halogens is 3. The Bertz CT molecular complexity index is 1890. The summed E-state index contributed by atoms with van der Waals surface area (Å²) in [6.45, 7) is 8.05. The zero-order chi connectivity index (χ0) is 32.8. The first-order chi connectivity index (χ1) is 21.1. The molecule has 1 aliphatic heterocycles. The third-order valence-electron chi connectivity index (χ3n) is 8.54. The number of hydrogen-bond acceptors (Lipinski definition) is 6. The number of aryl methyl sites for hydroxylation is 3. The van der Waals surface area contributed by atoms with E-state index >= 15 is 0 Å². The minimum atomic E-state index is -4.69. The first-order valence-corrected chi connectivity index (χ1v) is 16.0. The normalized spacial score (nSPS) is 17.6. The molecule has 0 amide bonds. The molecule has 0 saturated heterocycles. The van der Waals surface area contributed by atoms with Gasteiger partial charge in [0.15, 0.2) is 0 Å². The molecule has 0 saturated carbocycles. The van der Waals surface area contributed by atoms with Crippen LogP contribution in [0.5, 0.6) is 5.75 Å². The molecule has 1 unspecified atom stereocenters. The molecule has 240 valence electrons. The second kappa shape index (κ2) is 12.1. The molecule has 3 aromatic carbocycles. The number of ether oxygens (including phenoxy) is 1. The number of carboxylic acid groups (broad SMARTS) is 1. The fourth-order valence-corrected chi connectivity index (χ4v) is 7.96. The van der Waals surface area contributed by atoms with Crippen LogP contribution in [0.15, 0.2) is 47.4 Å². The Kier molecular flexibility index (Phi) is 8.71. The van der Waals surface area contributed by atoms with Crippen molar-refractivity contribution >= 4 is 27.0 Å². The van der Waals surface area contributed by atoms with Crippen LogP contribution in [0.2, 0.25) is 0 Å². The number of alkyl halides is 3. The Balaban J connectivity index is 1.59. The summed E-state index contributed by atoms with van der Waals surface area (Å²) >= 11 is 0. The van der Waals surface area contributed by atoms with Gasteiger partial charge in [-0.05, 0) is 84.7 Å². The summed E-state index contributed by atoms with van der Waals surface area (Å²) in [6.07, 6.45) is -4.63. The lowest BCUT2D eigenvalue weighted by Crippen LogP contribution is -2.33. The van der Waals surface area contributed by atoms with Gasteiger partial charge in [0, 0.05) is 25.6 Å². The van der Waals surface area contributed by atoms with E-state index in [4.69, 9.17) is 4.74 Å². The number of methoxy groups -OCH3 is 1. The number of carbonyl (C=O) groups is 1. The quantitative estimate of drug-likeness (QED) is 0.247. The average molecular weight is 645 g/mol. The minimum absolute atomic E-state index is 0.0893. The second-order valence-electron chi connectivity index (χ2n) is 11.7. The molecule has 1 aliphatic rings. The first kappa shape index (κ1) is 32.4. The predicted octanol–water partition coefficient (Wildman–Crippen LogP) is 6.09. The summed E-state index contributed by atoms with van der Waals surface area (Å²) in [5, 5.41) is 18.5. The number of sulfonamides is 1. The summed E-state index contributed by atoms with van der Waals surface area (Å²) in [7, 11) is -2.77. The Hall–Kier alpha value is -3.97. The number of nitrogens with zero attached hydrogens (tertiary/aromatic N) is 4. The van der Waals surface area contributed by atoms with Gasteiger partial charge in [-0.25, -0.2) is 13.1 Å². The largest absolute Gasteiger partial charge is 0.494 e. The molecular weight excluding hydrogens is 609 g/mol. The van der Waals surface area contributed by atoms with Crippen LogP contribution in [0.25, 0.3) is 11.0 Å². The molecule has 0 fully saturated rings. The molecule has 0 aliphatic carbocycles. The van der Waals surface area contributed by atoms with Crippen molar-refractivity contribution < 1.29 is 36.2 Å². The highest BCUT2D eigenvalue weighted by Crippen LogP contribution is 2.40. The fraction of sp³-hybridized carbons (Fsp3) is 0.406. The van der Waals surface area contributed by atoms with Crippen LogP contribution in [0, 0.1) is 19.8 Å². The van der Waals surface area contributed by atoms with E-state index in [1.54, 1.807) is 16.8 Å². The zero-order valence-electron chi connectivity index (χ0n) is 25.6. The number of fused-ring (bicyclic) bond motifs is 2. The number of rotatable bonds is 8. The van der Waals surface area contributed by atoms with Crippen molar-refractivity contribution in [2.24, 2.45) is 5.92 Å². The summed E-state index contributed by atoms with van der Waals surface area (Å²) in [4.78, 5) is 11.8. The molecule has 4 aromatic rings. The number of aromatic nitrogens is 3. The molecule has 13 heteroatoms. The maximum absolute atomic E-state index is 13.9. The van der Waals surface area contributed by atoms with Gasteiger partial charge in [-0.15, -0.1) is 5.10 Å². The lowest BCUT2D eigenvalue weighted by molar-refractivity contribution is -0.138. The maximum Gasteiger partial charge on any atom is 0.416 e.